The molecule has 5 heterocycles. The molecule has 0 radical (unpaired) electrons. The standard InChI is InChI=1S/C30H31F2N7O3/c1-5-33-21-10-20(31)24(32)22-23-26(39-8-6-7-16(39)13-37(2)3)18(12-34-28(23)36-25(21)22)15-9-17-27(40)19(30(41)42)14-38(4)29(17)35-11-15/h9-12,14,16,33H,5-8,13H2,1-4H3,(H,34,36)(H,41,42)/t16-/m0/s1. The molecular weight excluding hydrogens is 544 g/mol. The number of nitrogens with zero attached hydrogens (tertiary/aromatic N) is 5. The Kier molecular flexibility index (Phi) is 6.80. The van der Waals surface area contributed by atoms with Crippen molar-refractivity contribution < 1.29 is 18.7 Å². The van der Waals surface area contributed by atoms with Crippen molar-refractivity contribution in [3.63, 3.8) is 0 Å². The van der Waals surface area contributed by atoms with E-state index in [0.717, 1.165) is 25.5 Å². The van der Waals surface area contributed by atoms with Crippen molar-refractivity contribution >= 4 is 50.3 Å². The molecule has 3 N–H and O–H groups in total. The summed E-state index contributed by atoms with van der Waals surface area (Å²) < 4.78 is 32.2. The summed E-state index contributed by atoms with van der Waals surface area (Å²) in [5.74, 6) is -3.28. The van der Waals surface area contributed by atoms with Crippen LogP contribution in [0.5, 0.6) is 0 Å². The number of fused-ring (bicyclic) bond motifs is 4. The fourth-order valence-corrected chi connectivity index (χ4v) is 6.19. The number of carboxylic acids is 1. The number of hydrogen-bond donors (Lipinski definition) is 3. The number of H-pyrrole nitrogens is 1. The first-order chi connectivity index (χ1) is 20.1. The molecule has 1 fully saturated rings. The molecule has 1 atom stereocenters. The van der Waals surface area contributed by atoms with Crippen LogP contribution in [-0.2, 0) is 7.05 Å². The molecule has 1 aliphatic rings. The molecule has 0 unspecified atom stereocenters. The second-order valence-electron chi connectivity index (χ2n) is 11.0. The molecule has 0 saturated carbocycles. The van der Waals surface area contributed by atoms with Crippen molar-refractivity contribution in [2.45, 2.75) is 25.8 Å². The number of carbonyl (C=O) groups is 1. The largest absolute Gasteiger partial charge is 0.477 e. The van der Waals surface area contributed by atoms with E-state index in [0.29, 0.717) is 57.8 Å². The van der Waals surface area contributed by atoms with Crippen LogP contribution in [0.15, 0.2) is 35.5 Å². The van der Waals surface area contributed by atoms with E-state index < -0.39 is 23.0 Å². The van der Waals surface area contributed by atoms with Gasteiger partial charge in [-0.2, -0.15) is 0 Å². The number of halogens is 2. The molecule has 0 aliphatic carbocycles. The first-order valence-electron chi connectivity index (χ1n) is 13.8. The van der Waals surface area contributed by atoms with Crippen LogP contribution in [0.3, 0.4) is 0 Å². The van der Waals surface area contributed by atoms with Crippen molar-refractivity contribution in [2.75, 3.05) is 43.9 Å². The number of aromatic nitrogens is 4. The van der Waals surface area contributed by atoms with Gasteiger partial charge in [0.2, 0.25) is 5.43 Å². The number of aromatic carboxylic acids is 1. The molecule has 10 nitrogen and oxygen atoms in total. The number of nitrogens with one attached hydrogen (secondary N) is 2. The minimum absolute atomic E-state index is 0.0825. The highest BCUT2D eigenvalue weighted by Crippen LogP contribution is 2.45. The van der Waals surface area contributed by atoms with Gasteiger partial charge in [0.1, 0.15) is 16.9 Å². The van der Waals surface area contributed by atoms with Crippen LogP contribution in [0.25, 0.3) is 44.1 Å². The average molecular weight is 576 g/mol. The van der Waals surface area contributed by atoms with Crippen molar-refractivity contribution in [2.24, 2.45) is 7.05 Å². The number of rotatable bonds is 7. The number of likely N-dealkylation sites (N-methyl/N-ethyl adjacent to an activating group) is 1. The van der Waals surface area contributed by atoms with Gasteiger partial charge in [-0.05, 0) is 39.9 Å². The molecule has 218 valence electrons. The zero-order valence-corrected chi connectivity index (χ0v) is 23.8. The summed E-state index contributed by atoms with van der Waals surface area (Å²) in [7, 11) is 5.61. The Morgan fingerprint density at radius 2 is 2.00 bits per heavy atom. The van der Waals surface area contributed by atoms with Crippen LogP contribution in [0, 0.1) is 11.6 Å². The Balaban J connectivity index is 1.71. The maximum absolute atomic E-state index is 15.7. The fourth-order valence-electron chi connectivity index (χ4n) is 6.19. The molecule has 4 aromatic heterocycles. The second kappa shape index (κ2) is 10.4. The number of hydrogen-bond acceptors (Lipinski definition) is 7. The van der Waals surface area contributed by atoms with Crippen LogP contribution < -0.4 is 15.6 Å². The topological polar surface area (TPSA) is 119 Å². The first kappa shape index (κ1) is 27.6. The third kappa shape index (κ3) is 4.33. The van der Waals surface area contributed by atoms with Gasteiger partial charge in [0.25, 0.3) is 0 Å². The monoisotopic (exact) mass is 575 g/mol. The lowest BCUT2D eigenvalue weighted by Crippen LogP contribution is -2.38. The molecule has 0 spiro atoms. The summed E-state index contributed by atoms with van der Waals surface area (Å²) in [5.41, 5.74) is 2.31. The van der Waals surface area contributed by atoms with Crippen LogP contribution in [0.2, 0.25) is 0 Å². The van der Waals surface area contributed by atoms with E-state index in [1.165, 1.54) is 10.8 Å². The highest BCUT2D eigenvalue weighted by atomic mass is 19.2. The molecule has 0 bridgehead atoms. The molecule has 6 rings (SSSR count). The quantitative estimate of drug-likeness (QED) is 0.258. The van der Waals surface area contributed by atoms with Crippen molar-refractivity contribution in [1.29, 1.82) is 0 Å². The molecule has 5 aromatic rings. The van der Waals surface area contributed by atoms with Gasteiger partial charge in [0, 0.05) is 68.5 Å². The van der Waals surface area contributed by atoms with Crippen LogP contribution in [0.1, 0.15) is 30.1 Å². The van der Waals surface area contributed by atoms with Gasteiger partial charge in [-0.15, -0.1) is 0 Å². The maximum atomic E-state index is 15.7. The highest BCUT2D eigenvalue weighted by Gasteiger charge is 2.32. The molecule has 42 heavy (non-hydrogen) atoms. The molecular formula is C30H31F2N7O3. The Hall–Kier alpha value is -4.58. The molecule has 1 aromatic carbocycles. The molecule has 1 saturated heterocycles. The SMILES string of the molecule is CCNc1cc(F)c(F)c2c1[nH]c1ncc(-c3cnc4c(c3)c(=O)c(C(=O)O)cn4C)c(N3CCC[C@H]3CN(C)C)c12. The van der Waals surface area contributed by atoms with Crippen molar-refractivity contribution in [3.8, 4) is 11.1 Å². The predicted octanol–water partition coefficient (Wildman–Crippen LogP) is 4.57. The summed E-state index contributed by atoms with van der Waals surface area (Å²) in [4.78, 5) is 41.6. The van der Waals surface area contributed by atoms with Gasteiger partial charge in [0.15, 0.2) is 11.6 Å². The van der Waals surface area contributed by atoms with Crippen LogP contribution in [0.4, 0.5) is 20.2 Å². The average Bonchev–Trinajstić information content (AvgIpc) is 3.57. The molecule has 1 aliphatic heterocycles. The fraction of sp³-hybridized carbons (Fsp3) is 0.333. The number of anilines is 2. The summed E-state index contributed by atoms with van der Waals surface area (Å²) in [6.45, 7) is 3.80. The predicted molar refractivity (Wildman–Crippen MR) is 160 cm³/mol. The van der Waals surface area contributed by atoms with E-state index in [9.17, 15) is 14.7 Å². The van der Waals surface area contributed by atoms with E-state index in [4.69, 9.17) is 0 Å². The Bertz CT molecular complexity index is 1950. The lowest BCUT2D eigenvalue weighted by atomic mass is 10.0. The summed E-state index contributed by atoms with van der Waals surface area (Å²) in [6, 6.07) is 2.83. The lowest BCUT2D eigenvalue weighted by molar-refractivity contribution is 0.0695. The second-order valence-corrected chi connectivity index (χ2v) is 11.0. The number of aromatic amines is 1. The van der Waals surface area contributed by atoms with Gasteiger partial charge >= 0.3 is 5.97 Å². The van der Waals surface area contributed by atoms with E-state index in [2.05, 4.69) is 30.1 Å². The zero-order chi connectivity index (χ0) is 29.9. The molecule has 0 amide bonds. The number of aryl methyl sites for hydroxylation is 1. The number of carboxylic acid groups (broad SMARTS) is 1. The normalized spacial score (nSPS) is 15.5. The smallest absolute Gasteiger partial charge is 0.341 e. The van der Waals surface area contributed by atoms with Gasteiger partial charge < -0.3 is 29.8 Å². The number of benzene rings is 1. The highest BCUT2D eigenvalue weighted by molar-refractivity contribution is 6.18. The summed E-state index contributed by atoms with van der Waals surface area (Å²) >= 11 is 0. The maximum Gasteiger partial charge on any atom is 0.341 e. The third-order valence-electron chi connectivity index (χ3n) is 7.93. The Labute approximate surface area is 239 Å². The Morgan fingerprint density at radius 3 is 2.71 bits per heavy atom. The van der Waals surface area contributed by atoms with Crippen molar-refractivity contribution in [1.82, 2.24) is 24.4 Å². The van der Waals surface area contributed by atoms with Crippen LogP contribution in [-0.4, -0.2) is 75.3 Å². The van der Waals surface area contributed by atoms with Crippen molar-refractivity contribution in [3.05, 3.63) is 58.1 Å². The first-order valence-corrected chi connectivity index (χ1v) is 13.8. The minimum Gasteiger partial charge on any atom is -0.477 e. The minimum atomic E-state index is -1.33. The van der Waals surface area contributed by atoms with Gasteiger partial charge in [-0.1, -0.05) is 0 Å². The van der Waals surface area contributed by atoms with Gasteiger partial charge in [0.05, 0.1) is 33.1 Å². The molecule has 12 heteroatoms. The number of pyridine rings is 3. The van der Waals surface area contributed by atoms with Gasteiger partial charge in [-0.3, -0.25) is 4.79 Å². The lowest BCUT2D eigenvalue weighted by Gasteiger charge is -2.31. The Morgan fingerprint density at radius 1 is 1.21 bits per heavy atom. The third-order valence-corrected chi connectivity index (χ3v) is 7.93. The van der Waals surface area contributed by atoms with E-state index in [-0.39, 0.29) is 22.4 Å². The summed E-state index contributed by atoms with van der Waals surface area (Å²) in [5, 5.41) is 13.4. The summed E-state index contributed by atoms with van der Waals surface area (Å²) in [6.07, 6.45) is 6.30. The van der Waals surface area contributed by atoms with E-state index >= 15 is 8.78 Å². The van der Waals surface area contributed by atoms with Crippen LogP contribution >= 0.6 is 0 Å². The van der Waals surface area contributed by atoms with E-state index in [1.54, 1.807) is 25.5 Å². The van der Waals surface area contributed by atoms with Gasteiger partial charge in [-0.25, -0.2) is 23.5 Å². The van der Waals surface area contributed by atoms with E-state index in [1.807, 2.05) is 21.0 Å². The zero-order valence-electron chi connectivity index (χ0n) is 23.8.